The fourth-order valence-corrected chi connectivity index (χ4v) is 5.47. The van der Waals surface area contributed by atoms with Crippen LogP contribution in [0.2, 0.25) is 5.02 Å². The van der Waals surface area contributed by atoms with Gasteiger partial charge in [-0.2, -0.15) is 0 Å². The second-order valence-corrected chi connectivity index (χ2v) is 10.4. The van der Waals surface area contributed by atoms with Crippen LogP contribution in [-0.4, -0.2) is 28.8 Å². The van der Waals surface area contributed by atoms with Gasteiger partial charge in [-0.25, -0.2) is 0 Å². The van der Waals surface area contributed by atoms with Crippen LogP contribution < -0.4 is 5.32 Å². The molecule has 1 N–H and O–H groups in total. The molecule has 0 heterocycles. The van der Waals surface area contributed by atoms with Crippen LogP contribution in [0.4, 0.5) is 0 Å². The van der Waals surface area contributed by atoms with E-state index < -0.39 is 6.04 Å². The molecular weight excluding hydrogens is 480 g/mol. The van der Waals surface area contributed by atoms with Crippen molar-refractivity contribution in [1.29, 1.82) is 0 Å². The molecule has 1 fully saturated rings. The van der Waals surface area contributed by atoms with E-state index in [1.807, 2.05) is 67.6 Å². The molecule has 0 unspecified atom stereocenters. The maximum atomic E-state index is 14.1. The minimum Gasteiger partial charge on any atom is -0.352 e. The number of carbonyl (C=O) groups is 2. The van der Waals surface area contributed by atoms with Crippen molar-refractivity contribution < 1.29 is 9.59 Å². The minimum atomic E-state index is -0.530. The zero-order valence-corrected chi connectivity index (χ0v) is 22.4. The van der Waals surface area contributed by atoms with Gasteiger partial charge in [0.2, 0.25) is 11.8 Å². The molecule has 0 aromatic heterocycles. The van der Waals surface area contributed by atoms with E-state index in [0.717, 1.165) is 42.4 Å². The molecule has 0 aliphatic heterocycles. The molecule has 0 radical (unpaired) electrons. The van der Waals surface area contributed by atoms with Gasteiger partial charge in [-0.15, -0.1) is 0 Å². The summed E-state index contributed by atoms with van der Waals surface area (Å²) in [5.74, 6) is -0.174. The average Bonchev–Trinajstić information content (AvgIpc) is 2.94. The third-order valence-electron chi connectivity index (χ3n) is 7.39. The predicted molar refractivity (Wildman–Crippen MR) is 150 cm³/mol. The predicted octanol–water partition coefficient (Wildman–Crippen LogP) is 7.12. The lowest BCUT2D eigenvalue weighted by Gasteiger charge is -2.34. The SMILES string of the molecule is CC[C@H](C(=O)NC1CCCCC1)N(Cc1ccc(Cl)cc1)C(=O)CC(c1ccccc1)c1ccccc1. The molecule has 2 amide bonds. The average molecular weight is 517 g/mol. The van der Waals surface area contributed by atoms with Gasteiger partial charge in [0.05, 0.1) is 0 Å². The standard InChI is InChI=1S/C32H37ClN2O2/c1-2-30(32(37)34-28-16-10-5-11-17-28)35(23-24-18-20-27(33)21-19-24)31(36)22-29(25-12-6-3-7-13-25)26-14-8-4-9-15-26/h3-4,6-9,12-15,18-21,28-30H,2,5,10-11,16-17,22-23H2,1H3,(H,34,37)/t30-/m1/s1. The van der Waals surface area contributed by atoms with Gasteiger partial charge < -0.3 is 10.2 Å². The van der Waals surface area contributed by atoms with Crippen molar-refractivity contribution >= 4 is 23.4 Å². The quantitative estimate of drug-likeness (QED) is 0.312. The number of nitrogens with zero attached hydrogens (tertiary/aromatic N) is 1. The Balaban J connectivity index is 1.61. The van der Waals surface area contributed by atoms with Crippen LogP contribution >= 0.6 is 11.6 Å². The Kier molecular flexibility index (Phi) is 9.78. The first kappa shape index (κ1) is 26.9. The third-order valence-corrected chi connectivity index (χ3v) is 7.64. The highest BCUT2D eigenvalue weighted by atomic mass is 35.5. The molecule has 1 saturated carbocycles. The number of amides is 2. The number of hydrogen-bond acceptors (Lipinski definition) is 2. The first-order valence-electron chi connectivity index (χ1n) is 13.5. The molecule has 4 nitrogen and oxygen atoms in total. The van der Waals surface area contributed by atoms with Crippen LogP contribution in [0.1, 0.15) is 74.5 Å². The first-order valence-corrected chi connectivity index (χ1v) is 13.9. The summed E-state index contributed by atoms with van der Waals surface area (Å²) in [6.45, 7) is 2.35. The summed E-state index contributed by atoms with van der Waals surface area (Å²) in [4.78, 5) is 29.4. The van der Waals surface area contributed by atoms with Crippen LogP contribution in [-0.2, 0) is 16.1 Å². The molecule has 1 aliphatic carbocycles. The van der Waals surface area contributed by atoms with Gasteiger partial charge in [0.25, 0.3) is 0 Å². The summed E-state index contributed by atoms with van der Waals surface area (Å²) in [6.07, 6.45) is 6.38. The maximum Gasteiger partial charge on any atom is 0.243 e. The number of benzene rings is 3. The first-order chi connectivity index (χ1) is 18.0. The van der Waals surface area contributed by atoms with E-state index in [4.69, 9.17) is 11.6 Å². The van der Waals surface area contributed by atoms with Crippen molar-refractivity contribution in [3.05, 3.63) is 107 Å². The van der Waals surface area contributed by atoms with Gasteiger partial charge in [-0.05, 0) is 48.1 Å². The van der Waals surface area contributed by atoms with Crippen LogP contribution in [0.5, 0.6) is 0 Å². The van der Waals surface area contributed by atoms with Crippen molar-refractivity contribution in [3.8, 4) is 0 Å². The second-order valence-electron chi connectivity index (χ2n) is 9.99. The van der Waals surface area contributed by atoms with Gasteiger partial charge in [0, 0.05) is 29.9 Å². The van der Waals surface area contributed by atoms with Crippen molar-refractivity contribution in [1.82, 2.24) is 10.2 Å². The van der Waals surface area contributed by atoms with Crippen LogP contribution in [0.3, 0.4) is 0 Å². The highest BCUT2D eigenvalue weighted by Gasteiger charge is 2.32. The summed E-state index contributed by atoms with van der Waals surface area (Å²) >= 11 is 6.12. The minimum absolute atomic E-state index is 0.0294. The molecule has 37 heavy (non-hydrogen) atoms. The molecule has 0 saturated heterocycles. The van der Waals surface area contributed by atoms with Gasteiger partial charge >= 0.3 is 0 Å². The summed E-state index contributed by atoms with van der Waals surface area (Å²) < 4.78 is 0. The van der Waals surface area contributed by atoms with Crippen LogP contribution in [0.15, 0.2) is 84.9 Å². The summed E-state index contributed by atoms with van der Waals surface area (Å²) in [6, 6.07) is 27.5. The highest BCUT2D eigenvalue weighted by Crippen LogP contribution is 2.30. The Bertz CT molecular complexity index is 1090. The Morgan fingerprint density at radius 2 is 1.43 bits per heavy atom. The van der Waals surface area contributed by atoms with E-state index in [1.165, 1.54) is 6.42 Å². The highest BCUT2D eigenvalue weighted by molar-refractivity contribution is 6.30. The Morgan fingerprint density at radius 1 is 0.865 bits per heavy atom. The lowest BCUT2D eigenvalue weighted by Crippen LogP contribution is -2.51. The van der Waals surface area contributed by atoms with Crippen LogP contribution in [0, 0.1) is 0 Å². The molecule has 0 bridgehead atoms. The molecular formula is C32H37ClN2O2. The fraction of sp³-hybridized carbons (Fsp3) is 0.375. The van der Waals surface area contributed by atoms with E-state index in [1.54, 1.807) is 4.90 Å². The van der Waals surface area contributed by atoms with E-state index in [-0.39, 0.29) is 30.2 Å². The van der Waals surface area contributed by atoms with E-state index in [9.17, 15) is 9.59 Å². The van der Waals surface area contributed by atoms with Gasteiger partial charge in [0.1, 0.15) is 6.04 Å². The molecule has 3 aromatic rings. The summed E-state index contributed by atoms with van der Waals surface area (Å²) in [5, 5.41) is 3.91. The Labute approximate surface area is 226 Å². The largest absolute Gasteiger partial charge is 0.352 e. The van der Waals surface area contributed by atoms with Crippen molar-refractivity contribution in [2.24, 2.45) is 0 Å². The van der Waals surface area contributed by atoms with Crippen molar-refractivity contribution in [2.45, 2.75) is 76.4 Å². The smallest absolute Gasteiger partial charge is 0.243 e. The number of nitrogens with one attached hydrogen (secondary N) is 1. The zero-order chi connectivity index (χ0) is 26.0. The fourth-order valence-electron chi connectivity index (χ4n) is 5.34. The topological polar surface area (TPSA) is 49.4 Å². The normalized spacial score (nSPS) is 14.8. The molecule has 4 rings (SSSR count). The molecule has 194 valence electrons. The van der Waals surface area contributed by atoms with Crippen LogP contribution in [0.25, 0.3) is 0 Å². The lowest BCUT2D eigenvalue weighted by molar-refractivity contribution is -0.142. The van der Waals surface area contributed by atoms with Gasteiger partial charge in [0.15, 0.2) is 0 Å². The Hall–Kier alpha value is -3.11. The zero-order valence-electron chi connectivity index (χ0n) is 21.6. The van der Waals surface area contributed by atoms with E-state index in [2.05, 4.69) is 29.6 Å². The number of rotatable bonds is 10. The number of carbonyl (C=O) groups excluding carboxylic acids is 2. The molecule has 3 aromatic carbocycles. The Morgan fingerprint density at radius 3 is 1.97 bits per heavy atom. The molecule has 1 atom stereocenters. The van der Waals surface area contributed by atoms with Crippen molar-refractivity contribution in [2.75, 3.05) is 0 Å². The van der Waals surface area contributed by atoms with Gasteiger partial charge in [-0.3, -0.25) is 9.59 Å². The molecule has 0 spiro atoms. The third kappa shape index (κ3) is 7.45. The monoisotopic (exact) mass is 516 g/mol. The number of halogens is 1. The van der Waals surface area contributed by atoms with E-state index >= 15 is 0 Å². The summed E-state index contributed by atoms with van der Waals surface area (Å²) in [7, 11) is 0. The van der Waals surface area contributed by atoms with Gasteiger partial charge in [-0.1, -0.05) is 111 Å². The maximum absolute atomic E-state index is 14.1. The van der Waals surface area contributed by atoms with Crippen molar-refractivity contribution in [3.63, 3.8) is 0 Å². The molecule has 1 aliphatic rings. The lowest BCUT2D eigenvalue weighted by atomic mass is 9.88. The number of hydrogen-bond donors (Lipinski definition) is 1. The second kappa shape index (κ2) is 13.4. The van der Waals surface area contributed by atoms with E-state index in [0.29, 0.717) is 18.0 Å². The summed E-state index contributed by atoms with van der Waals surface area (Å²) in [5.41, 5.74) is 3.14. The molecule has 5 heteroatoms.